The molecule has 82 valence electrons. The van der Waals surface area contributed by atoms with E-state index in [0.717, 1.165) is 11.4 Å². The van der Waals surface area contributed by atoms with Gasteiger partial charge in [0.05, 0.1) is 12.2 Å². The first-order valence-electron chi connectivity index (χ1n) is 4.88. The first-order valence-corrected chi connectivity index (χ1v) is 5.26. The third kappa shape index (κ3) is 2.90. The lowest BCUT2D eigenvalue weighted by atomic mass is 10.3. The molecular weight excluding hydrogens is 224 g/mol. The molecule has 0 bridgehead atoms. The number of nitrogens with one attached hydrogen (secondary N) is 1. The van der Waals surface area contributed by atoms with Crippen molar-refractivity contribution in [3.8, 4) is 0 Å². The molecule has 0 aliphatic carbocycles. The van der Waals surface area contributed by atoms with Crippen LogP contribution in [0.4, 0.5) is 5.82 Å². The Balaban J connectivity index is 2.02. The van der Waals surface area contributed by atoms with Crippen LogP contribution in [-0.2, 0) is 6.54 Å². The Hall–Kier alpha value is -1.68. The molecule has 4 nitrogen and oxygen atoms in total. The van der Waals surface area contributed by atoms with Gasteiger partial charge in [0.25, 0.3) is 0 Å². The Kier molecular flexibility index (Phi) is 3.31. The Morgan fingerprint density at radius 1 is 1.31 bits per heavy atom. The zero-order valence-electron chi connectivity index (χ0n) is 8.81. The number of hydrogen-bond donors (Lipinski definition) is 1. The average molecular weight is 235 g/mol. The van der Waals surface area contributed by atoms with E-state index in [1.807, 2.05) is 25.1 Å². The maximum Gasteiger partial charge on any atom is 0.134 e. The summed E-state index contributed by atoms with van der Waals surface area (Å²) >= 11 is 5.75. The largest absolute Gasteiger partial charge is 0.364 e. The van der Waals surface area contributed by atoms with Crippen LogP contribution in [0.15, 0.2) is 30.6 Å². The van der Waals surface area contributed by atoms with E-state index in [-0.39, 0.29) is 0 Å². The van der Waals surface area contributed by atoms with Gasteiger partial charge in [-0.2, -0.15) is 0 Å². The summed E-state index contributed by atoms with van der Waals surface area (Å²) < 4.78 is 0. The van der Waals surface area contributed by atoms with Crippen LogP contribution in [0.3, 0.4) is 0 Å². The molecule has 2 rings (SSSR count). The molecule has 0 spiro atoms. The molecule has 1 N–H and O–H groups in total. The number of aryl methyl sites for hydroxylation is 1. The Morgan fingerprint density at radius 3 is 2.94 bits per heavy atom. The van der Waals surface area contributed by atoms with Crippen LogP contribution in [0.1, 0.15) is 11.4 Å². The summed E-state index contributed by atoms with van der Waals surface area (Å²) in [7, 11) is 0. The van der Waals surface area contributed by atoms with Crippen LogP contribution in [0.25, 0.3) is 0 Å². The van der Waals surface area contributed by atoms with Crippen molar-refractivity contribution >= 4 is 17.4 Å². The van der Waals surface area contributed by atoms with Crippen LogP contribution in [0.2, 0.25) is 5.15 Å². The van der Waals surface area contributed by atoms with E-state index in [1.54, 1.807) is 6.07 Å². The number of hydrogen-bond acceptors (Lipinski definition) is 4. The van der Waals surface area contributed by atoms with Crippen molar-refractivity contribution < 1.29 is 0 Å². The van der Waals surface area contributed by atoms with Crippen molar-refractivity contribution in [2.75, 3.05) is 5.32 Å². The molecule has 0 aromatic carbocycles. The van der Waals surface area contributed by atoms with E-state index in [2.05, 4.69) is 20.3 Å². The smallest absolute Gasteiger partial charge is 0.134 e. The molecule has 0 atom stereocenters. The minimum atomic E-state index is 0.426. The number of aromatic nitrogens is 3. The first kappa shape index (κ1) is 10.8. The molecule has 0 fully saturated rings. The molecule has 0 aliphatic heterocycles. The molecule has 0 saturated carbocycles. The fourth-order valence-corrected chi connectivity index (χ4v) is 1.46. The maximum atomic E-state index is 5.75. The van der Waals surface area contributed by atoms with Gasteiger partial charge in [0, 0.05) is 11.8 Å². The Labute approximate surface area is 98.7 Å². The average Bonchev–Trinajstić information content (AvgIpc) is 2.27. The highest BCUT2D eigenvalue weighted by atomic mass is 35.5. The minimum absolute atomic E-state index is 0.426. The lowest BCUT2D eigenvalue weighted by molar-refractivity contribution is 0.998. The van der Waals surface area contributed by atoms with Gasteiger partial charge in [-0.15, -0.1) is 0 Å². The number of rotatable bonds is 3. The van der Waals surface area contributed by atoms with E-state index in [4.69, 9.17) is 11.6 Å². The molecule has 0 unspecified atom stereocenters. The fraction of sp³-hybridized carbons (Fsp3) is 0.182. The highest BCUT2D eigenvalue weighted by Gasteiger charge is 1.98. The summed E-state index contributed by atoms with van der Waals surface area (Å²) in [5.41, 5.74) is 1.97. The summed E-state index contributed by atoms with van der Waals surface area (Å²) in [6.45, 7) is 2.58. The fourth-order valence-electron chi connectivity index (χ4n) is 1.31. The minimum Gasteiger partial charge on any atom is -0.364 e. The lowest BCUT2D eigenvalue weighted by Crippen LogP contribution is -2.03. The highest BCUT2D eigenvalue weighted by Crippen LogP contribution is 2.09. The van der Waals surface area contributed by atoms with Crippen molar-refractivity contribution in [1.82, 2.24) is 15.0 Å². The lowest BCUT2D eigenvalue weighted by Gasteiger charge is -2.05. The summed E-state index contributed by atoms with van der Waals surface area (Å²) in [4.78, 5) is 12.2. The van der Waals surface area contributed by atoms with Gasteiger partial charge in [0.1, 0.15) is 17.3 Å². The second kappa shape index (κ2) is 4.90. The van der Waals surface area contributed by atoms with Crippen molar-refractivity contribution in [1.29, 1.82) is 0 Å². The molecule has 5 heteroatoms. The van der Waals surface area contributed by atoms with Gasteiger partial charge in [-0.25, -0.2) is 9.97 Å². The maximum absolute atomic E-state index is 5.75. The molecule has 2 heterocycles. The highest BCUT2D eigenvalue weighted by molar-refractivity contribution is 6.29. The van der Waals surface area contributed by atoms with Crippen LogP contribution >= 0.6 is 11.6 Å². The van der Waals surface area contributed by atoms with Crippen molar-refractivity contribution in [3.63, 3.8) is 0 Å². The summed E-state index contributed by atoms with van der Waals surface area (Å²) in [6.07, 6.45) is 1.42. The molecule has 0 aliphatic rings. The molecule has 0 radical (unpaired) electrons. The standard InChI is InChI=1S/C11H11ClN4/c1-8-3-2-4-9(16-8)6-13-11-5-10(12)14-7-15-11/h2-5,7H,6H2,1H3,(H,13,14,15). The van der Waals surface area contributed by atoms with Gasteiger partial charge in [-0.3, -0.25) is 4.98 Å². The predicted octanol–water partition coefficient (Wildman–Crippen LogP) is 2.45. The third-order valence-electron chi connectivity index (χ3n) is 2.03. The molecule has 2 aromatic rings. The first-order chi connectivity index (χ1) is 7.74. The third-order valence-corrected chi connectivity index (χ3v) is 2.24. The Morgan fingerprint density at radius 2 is 2.19 bits per heavy atom. The Bertz CT molecular complexity index is 441. The normalized spacial score (nSPS) is 10.1. The zero-order valence-corrected chi connectivity index (χ0v) is 9.57. The van der Waals surface area contributed by atoms with Crippen LogP contribution in [-0.4, -0.2) is 15.0 Å². The summed E-state index contributed by atoms with van der Waals surface area (Å²) in [5.74, 6) is 0.698. The van der Waals surface area contributed by atoms with E-state index >= 15 is 0 Å². The number of pyridine rings is 1. The number of halogens is 1. The molecule has 2 aromatic heterocycles. The van der Waals surface area contributed by atoms with Crippen LogP contribution in [0, 0.1) is 6.92 Å². The second-order valence-electron chi connectivity index (χ2n) is 3.35. The van der Waals surface area contributed by atoms with Crippen molar-refractivity contribution in [2.24, 2.45) is 0 Å². The van der Waals surface area contributed by atoms with Crippen LogP contribution < -0.4 is 5.32 Å². The monoisotopic (exact) mass is 234 g/mol. The van der Waals surface area contributed by atoms with E-state index in [1.165, 1.54) is 6.33 Å². The van der Waals surface area contributed by atoms with Crippen molar-refractivity contribution in [2.45, 2.75) is 13.5 Å². The van der Waals surface area contributed by atoms with E-state index in [0.29, 0.717) is 17.5 Å². The van der Waals surface area contributed by atoms with E-state index < -0.39 is 0 Å². The van der Waals surface area contributed by atoms with Crippen molar-refractivity contribution in [3.05, 3.63) is 47.1 Å². The van der Waals surface area contributed by atoms with Gasteiger partial charge in [0.15, 0.2) is 0 Å². The topological polar surface area (TPSA) is 50.7 Å². The number of nitrogens with zero attached hydrogens (tertiary/aromatic N) is 3. The zero-order chi connectivity index (χ0) is 11.4. The van der Waals surface area contributed by atoms with E-state index in [9.17, 15) is 0 Å². The predicted molar refractivity (Wildman–Crippen MR) is 63.3 cm³/mol. The molecular formula is C11H11ClN4. The molecule has 0 amide bonds. The summed E-state index contributed by atoms with van der Waals surface area (Å²) in [6, 6.07) is 7.58. The van der Waals surface area contributed by atoms with Gasteiger partial charge >= 0.3 is 0 Å². The quantitative estimate of drug-likeness (QED) is 0.829. The van der Waals surface area contributed by atoms with Crippen LogP contribution in [0.5, 0.6) is 0 Å². The second-order valence-corrected chi connectivity index (χ2v) is 3.74. The summed E-state index contributed by atoms with van der Waals surface area (Å²) in [5, 5.41) is 3.56. The molecule has 16 heavy (non-hydrogen) atoms. The molecule has 0 saturated heterocycles. The number of anilines is 1. The van der Waals surface area contributed by atoms with Gasteiger partial charge < -0.3 is 5.32 Å². The van der Waals surface area contributed by atoms with Gasteiger partial charge in [-0.05, 0) is 19.1 Å². The van der Waals surface area contributed by atoms with Gasteiger partial charge in [0.2, 0.25) is 0 Å². The van der Waals surface area contributed by atoms with Gasteiger partial charge in [-0.1, -0.05) is 17.7 Å². The SMILES string of the molecule is Cc1cccc(CNc2cc(Cl)ncn2)n1.